The molecule has 0 amide bonds. The number of thioether (sulfide) groups is 1. The molecule has 1 nitrogen and oxygen atoms in total. The Morgan fingerprint density at radius 1 is 0.720 bits per heavy atom. The zero-order valence-corrected chi connectivity index (χ0v) is 14.8. The van der Waals surface area contributed by atoms with E-state index in [-0.39, 0.29) is 5.25 Å². The number of hydrogen-bond acceptors (Lipinski definition) is 2. The molecule has 124 valence electrons. The average Bonchev–Trinajstić information content (AvgIpc) is 3.04. The fourth-order valence-electron chi connectivity index (χ4n) is 3.50. The van der Waals surface area contributed by atoms with Crippen LogP contribution in [0.4, 0.5) is 0 Å². The molecule has 4 rings (SSSR count). The lowest BCUT2D eigenvalue weighted by atomic mass is 9.95. The minimum absolute atomic E-state index is 0.0324. The normalized spacial score (nSPS) is 19.9. The van der Waals surface area contributed by atoms with Crippen molar-refractivity contribution in [2.45, 2.75) is 28.9 Å². The maximum Gasteiger partial charge on any atom is 0.146 e. The average molecular weight is 344 g/mol. The Morgan fingerprint density at radius 2 is 1.32 bits per heavy atom. The van der Waals surface area contributed by atoms with Crippen LogP contribution in [0.25, 0.3) is 11.1 Å². The number of rotatable bonds is 4. The second-order valence-electron chi connectivity index (χ2n) is 6.45. The van der Waals surface area contributed by atoms with Gasteiger partial charge in [0, 0.05) is 17.2 Å². The molecule has 2 heteroatoms. The minimum Gasteiger partial charge on any atom is -0.298 e. The number of hydrogen-bond donors (Lipinski definition) is 0. The minimum atomic E-state index is 0.0324. The van der Waals surface area contributed by atoms with Gasteiger partial charge in [0.2, 0.25) is 0 Å². The Hall–Kier alpha value is -2.32. The summed E-state index contributed by atoms with van der Waals surface area (Å²) in [7, 11) is 0. The first-order valence-electron chi connectivity index (χ1n) is 8.71. The highest BCUT2D eigenvalue weighted by Crippen LogP contribution is 2.42. The maximum atomic E-state index is 12.4. The monoisotopic (exact) mass is 344 g/mol. The van der Waals surface area contributed by atoms with Gasteiger partial charge in [-0.25, -0.2) is 0 Å². The summed E-state index contributed by atoms with van der Waals surface area (Å²) in [6.07, 6.45) is 1.64. The Kier molecular flexibility index (Phi) is 4.71. The third kappa shape index (κ3) is 3.54. The first-order chi connectivity index (χ1) is 12.3. The third-order valence-electron chi connectivity index (χ3n) is 4.84. The molecule has 3 aromatic carbocycles. The van der Waals surface area contributed by atoms with Crippen LogP contribution < -0.4 is 0 Å². The summed E-state index contributed by atoms with van der Waals surface area (Å²) in [6.45, 7) is 0. The number of carbonyl (C=O) groups is 1. The molecule has 0 spiro atoms. The van der Waals surface area contributed by atoms with Crippen molar-refractivity contribution < 1.29 is 4.79 Å². The lowest BCUT2D eigenvalue weighted by Crippen LogP contribution is -2.16. The summed E-state index contributed by atoms with van der Waals surface area (Å²) >= 11 is 1.71. The number of carbonyl (C=O) groups excluding carboxylic acids is 1. The quantitative estimate of drug-likeness (QED) is 0.581. The van der Waals surface area contributed by atoms with E-state index < -0.39 is 0 Å². The fraction of sp³-hybridized carbons (Fsp3) is 0.174. The van der Waals surface area contributed by atoms with Gasteiger partial charge in [-0.1, -0.05) is 72.8 Å². The number of benzene rings is 3. The zero-order chi connectivity index (χ0) is 17.1. The lowest BCUT2D eigenvalue weighted by Gasteiger charge is -2.19. The first kappa shape index (κ1) is 16.2. The summed E-state index contributed by atoms with van der Waals surface area (Å²) in [6, 6.07) is 29.4. The Morgan fingerprint density at radius 3 is 2.00 bits per heavy atom. The second-order valence-corrected chi connectivity index (χ2v) is 7.67. The van der Waals surface area contributed by atoms with Crippen LogP contribution in [0.15, 0.2) is 89.8 Å². The Labute approximate surface area is 153 Å². The molecule has 2 unspecified atom stereocenters. The molecule has 0 saturated heterocycles. The molecular formula is C23H20OS. The van der Waals surface area contributed by atoms with Gasteiger partial charge in [0.15, 0.2) is 0 Å². The molecule has 1 saturated carbocycles. The van der Waals surface area contributed by atoms with E-state index in [1.165, 1.54) is 21.6 Å². The molecule has 2 atom stereocenters. The molecule has 0 heterocycles. The van der Waals surface area contributed by atoms with E-state index in [0.29, 0.717) is 18.1 Å². The van der Waals surface area contributed by atoms with Gasteiger partial charge in [0.05, 0.1) is 5.25 Å². The van der Waals surface area contributed by atoms with Gasteiger partial charge in [0.25, 0.3) is 0 Å². The van der Waals surface area contributed by atoms with Crippen molar-refractivity contribution in [2.75, 3.05) is 0 Å². The van der Waals surface area contributed by atoms with Crippen molar-refractivity contribution in [1.29, 1.82) is 0 Å². The van der Waals surface area contributed by atoms with E-state index in [1.54, 1.807) is 11.8 Å². The van der Waals surface area contributed by atoms with Crippen LogP contribution in [-0.4, -0.2) is 11.0 Å². The van der Waals surface area contributed by atoms with Crippen molar-refractivity contribution >= 4 is 17.5 Å². The summed E-state index contributed by atoms with van der Waals surface area (Å²) in [5.41, 5.74) is 3.73. The smallest absolute Gasteiger partial charge is 0.146 e. The topological polar surface area (TPSA) is 17.1 Å². The molecule has 3 aromatic rings. The maximum absolute atomic E-state index is 12.4. The Bertz CT molecular complexity index is 840. The standard InChI is InChI=1S/C23H20OS/c24-22-16-15-21(23(22)25-20-9-5-2-6-10-20)19-13-11-18(12-14-19)17-7-3-1-4-8-17/h1-14,21,23H,15-16H2. The summed E-state index contributed by atoms with van der Waals surface area (Å²) in [5, 5.41) is 0.0324. The van der Waals surface area contributed by atoms with Crippen molar-refractivity contribution in [3.05, 3.63) is 90.5 Å². The summed E-state index contributed by atoms with van der Waals surface area (Å²) < 4.78 is 0. The van der Waals surface area contributed by atoms with E-state index in [2.05, 4.69) is 60.7 Å². The molecule has 0 aliphatic heterocycles. The molecule has 0 radical (unpaired) electrons. The van der Waals surface area contributed by atoms with Gasteiger partial charge in [0.1, 0.15) is 5.78 Å². The highest BCUT2D eigenvalue weighted by atomic mass is 32.2. The zero-order valence-electron chi connectivity index (χ0n) is 14.0. The summed E-state index contributed by atoms with van der Waals surface area (Å²) in [5.74, 6) is 0.688. The fourth-order valence-corrected chi connectivity index (χ4v) is 4.82. The number of Topliss-reactive ketones (excluding diaryl/α,β-unsaturated/α-hetero) is 1. The molecule has 1 aliphatic rings. The lowest BCUT2D eigenvalue weighted by molar-refractivity contribution is -0.117. The molecule has 1 aliphatic carbocycles. The van der Waals surface area contributed by atoms with Gasteiger partial charge < -0.3 is 0 Å². The highest BCUT2D eigenvalue weighted by molar-refractivity contribution is 8.00. The summed E-state index contributed by atoms with van der Waals surface area (Å²) in [4.78, 5) is 13.6. The first-order valence-corrected chi connectivity index (χ1v) is 9.59. The van der Waals surface area contributed by atoms with Gasteiger partial charge in [-0.05, 0) is 35.2 Å². The van der Waals surface area contributed by atoms with E-state index in [1.807, 2.05) is 24.3 Å². The van der Waals surface area contributed by atoms with Gasteiger partial charge >= 0.3 is 0 Å². The molecule has 1 fully saturated rings. The largest absolute Gasteiger partial charge is 0.298 e. The van der Waals surface area contributed by atoms with Crippen LogP contribution in [0.3, 0.4) is 0 Å². The van der Waals surface area contributed by atoms with E-state index >= 15 is 0 Å². The molecule has 0 bridgehead atoms. The van der Waals surface area contributed by atoms with Crippen LogP contribution in [0, 0.1) is 0 Å². The van der Waals surface area contributed by atoms with Crippen molar-refractivity contribution in [3.8, 4) is 11.1 Å². The predicted molar refractivity (Wildman–Crippen MR) is 105 cm³/mol. The van der Waals surface area contributed by atoms with Gasteiger partial charge in [-0.3, -0.25) is 4.79 Å². The van der Waals surface area contributed by atoms with Crippen molar-refractivity contribution in [3.63, 3.8) is 0 Å². The van der Waals surface area contributed by atoms with Crippen molar-refractivity contribution in [2.24, 2.45) is 0 Å². The van der Waals surface area contributed by atoms with Crippen LogP contribution in [0.2, 0.25) is 0 Å². The van der Waals surface area contributed by atoms with Crippen LogP contribution in [0.1, 0.15) is 24.3 Å². The molecule has 0 N–H and O–H groups in total. The number of ketones is 1. The third-order valence-corrected chi connectivity index (χ3v) is 6.23. The van der Waals surface area contributed by atoms with Crippen molar-refractivity contribution in [1.82, 2.24) is 0 Å². The molecular weight excluding hydrogens is 324 g/mol. The Balaban J connectivity index is 1.56. The van der Waals surface area contributed by atoms with Gasteiger partial charge in [-0.2, -0.15) is 0 Å². The van der Waals surface area contributed by atoms with E-state index in [4.69, 9.17) is 0 Å². The van der Waals surface area contributed by atoms with Crippen LogP contribution >= 0.6 is 11.8 Å². The molecule has 25 heavy (non-hydrogen) atoms. The van der Waals surface area contributed by atoms with E-state index in [9.17, 15) is 4.79 Å². The van der Waals surface area contributed by atoms with Gasteiger partial charge in [-0.15, -0.1) is 11.8 Å². The van der Waals surface area contributed by atoms with Crippen LogP contribution in [-0.2, 0) is 4.79 Å². The van der Waals surface area contributed by atoms with Crippen LogP contribution in [0.5, 0.6) is 0 Å². The second kappa shape index (κ2) is 7.28. The predicted octanol–water partition coefficient (Wildman–Crippen LogP) is 5.96. The SMILES string of the molecule is O=C1CCC(c2ccc(-c3ccccc3)cc2)C1Sc1ccccc1. The molecule has 0 aromatic heterocycles. The highest BCUT2D eigenvalue weighted by Gasteiger charge is 2.36. The van der Waals surface area contributed by atoms with E-state index in [0.717, 1.165) is 6.42 Å².